The normalized spacial score (nSPS) is 12.3. The number of hydrogen-bond acceptors (Lipinski definition) is 4. The maximum Gasteiger partial charge on any atom is 0.210 e. The van der Waals surface area contributed by atoms with Gasteiger partial charge in [-0.15, -0.1) is 0 Å². The van der Waals surface area contributed by atoms with Crippen molar-refractivity contribution < 1.29 is 8.42 Å². The molecule has 0 unspecified atom stereocenters. The molecule has 0 fully saturated rings. The van der Waals surface area contributed by atoms with Gasteiger partial charge in [0.2, 0.25) is 14.2 Å². The van der Waals surface area contributed by atoms with Crippen LogP contribution in [0.5, 0.6) is 0 Å². The van der Waals surface area contributed by atoms with Crippen molar-refractivity contribution in [2.75, 3.05) is 0 Å². The molecule has 0 atom stereocenters. The monoisotopic (exact) mass is 269 g/mol. The van der Waals surface area contributed by atoms with Crippen LogP contribution >= 0.6 is 27.3 Å². The van der Waals surface area contributed by atoms with Gasteiger partial charge in [-0.25, -0.2) is 13.4 Å². The third kappa shape index (κ3) is 1.86. The van der Waals surface area contributed by atoms with Crippen LogP contribution in [0.4, 0.5) is 0 Å². The first-order valence-corrected chi connectivity index (χ1v) is 6.45. The van der Waals surface area contributed by atoms with Gasteiger partial charge in [0.25, 0.3) is 0 Å². The Labute approximate surface area is 83.9 Å². The summed E-state index contributed by atoms with van der Waals surface area (Å²) in [6.45, 7) is 3.29. The van der Waals surface area contributed by atoms with Gasteiger partial charge in [-0.05, 0) is 29.8 Å². The molecule has 0 spiro atoms. The average molecular weight is 270 g/mol. The van der Waals surface area contributed by atoms with Crippen molar-refractivity contribution in [2.24, 2.45) is 0 Å². The lowest BCUT2D eigenvalue weighted by Crippen LogP contribution is -2.13. The molecule has 0 amide bonds. The summed E-state index contributed by atoms with van der Waals surface area (Å²) in [6, 6.07) is 0. The Bertz CT molecular complexity index is 369. The van der Waals surface area contributed by atoms with Crippen LogP contribution in [0, 0.1) is 0 Å². The number of halogens is 1. The molecule has 0 radical (unpaired) electrons. The van der Waals surface area contributed by atoms with Gasteiger partial charge in [0, 0.05) is 0 Å². The molecule has 1 aromatic heterocycles. The Morgan fingerprint density at radius 3 is 2.50 bits per heavy atom. The van der Waals surface area contributed by atoms with Crippen LogP contribution in [0.2, 0.25) is 0 Å². The summed E-state index contributed by atoms with van der Waals surface area (Å²) in [5, 5.41) is -0.407. The van der Waals surface area contributed by atoms with Crippen LogP contribution in [0.1, 0.15) is 13.8 Å². The third-order valence-electron chi connectivity index (χ3n) is 1.32. The third-order valence-corrected chi connectivity index (χ3v) is 5.37. The maximum atomic E-state index is 11.5. The van der Waals surface area contributed by atoms with Crippen molar-refractivity contribution >= 4 is 37.1 Å². The van der Waals surface area contributed by atoms with Crippen LogP contribution in [0.15, 0.2) is 14.3 Å². The molecule has 12 heavy (non-hydrogen) atoms. The standard InChI is InChI=1S/C6H8BrNO2S2/c1-4(2)12(9,10)6-8-3-5(7)11-6/h3-4H,1-2H3. The summed E-state index contributed by atoms with van der Waals surface area (Å²) in [7, 11) is -3.18. The van der Waals surface area contributed by atoms with Crippen molar-refractivity contribution in [3.05, 3.63) is 9.98 Å². The predicted molar refractivity (Wildman–Crippen MR) is 52.1 cm³/mol. The molecule has 0 saturated heterocycles. The first-order valence-electron chi connectivity index (χ1n) is 3.30. The zero-order chi connectivity index (χ0) is 9.35. The van der Waals surface area contributed by atoms with Gasteiger partial charge < -0.3 is 0 Å². The molecule has 0 aromatic carbocycles. The quantitative estimate of drug-likeness (QED) is 0.826. The van der Waals surface area contributed by atoms with Gasteiger partial charge in [-0.3, -0.25) is 0 Å². The Morgan fingerprint density at radius 1 is 1.58 bits per heavy atom. The molecule has 0 aliphatic heterocycles. The topological polar surface area (TPSA) is 47.0 Å². The van der Waals surface area contributed by atoms with E-state index in [9.17, 15) is 8.42 Å². The maximum absolute atomic E-state index is 11.5. The number of nitrogens with zero attached hydrogens (tertiary/aromatic N) is 1. The molecule has 1 rings (SSSR count). The SMILES string of the molecule is CC(C)S(=O)(=O)c1ncc(Br)s1. The number of aromatic nitrogens is 1. The van der Waals surface area contributed by atoms with E-state index in [4.69, 9.17) is 0 Å². The van der Waals surface area contributed by atoms with Crippen LogP contribution in [0.3, 0.4) is 0 Å². The van der Waals surface area contributed by atoms with Crippen molar-refractivity contribution in [3.63, 3.8) is 0 Å². The summed E-state index contributed by atoms with van der Waals surface area (Å²) < 4.78 is 23.9. The first-order chi connectivity index (χ1) is 5.44. The Hall–Kier alpha value is 0.0600. The van der Waals surface area contributed by atoms with E-state index < -0.39 is 15.1 Å². The zero-order valence-electron chi connectivity index (χ0n) is 6.61. The first kappa shape index (κ1) is 10.1. The van der Waals surface area contributed by atoms with Gasteiger partial charge in [-0.1, -0.05) is 11.3 Å². The van der Waals surface area contributed by atoms with Gasteiger partial charge in [0.1, 0.15) is 0 Å². The van der Waals surface area contributed by atoms with Crippen LogP contribution in [0.25, 0.3) is 0 Å². The summed E-state index contributed by atoms with van der Waals surface area (Å²) >= 11 is 4.31. The Kier molecular flexibility index (Phi) is 2.90. The van der Waals surface area contributed by atoms with Crippen molar-refractivity contribution in [1.29, 1.82) is 0 Å². The number of hydrogen-bond donors (Lipinski definition) is 0. The second-order valence-corrected chi connectivity index (χ2v) is 7.61. The minimum absolute atomic E-state index is 0.185. The smallest absolute Gasteiger partial charge is 0.210 e. The largest absolute Gasteiger partial charge is 0.233 e. The van der Waals surface area contributed by atoms with Gasteiger partial charge >= 0.3 is 0 Å². The van der Waals surface area contributed by atoms with E-state index in [2.05, 4.69) is 20.9 Å². The molecular formula is C6H8BrNO2S2. The number of sulfone groups is 1. The van der Waals surface area contributed by atoms with Crippen molar-refractivity contribution in [1.82, 2.24) is 4.98 Å². The van der Waals surface area contributed by atoms with E-state index in [0.29, 0.717) is 0 Å². The molecule has 3 nitrogen and oxygen atoms in total. The highest BCUT2D eigenvalue weighted by Gasteiger charge is 2.22. The Balaban J connectivity index is 3.15. The molecule has 0 saturated carbocycles. The van der Waals surface area contributed by atoms with Crippen LogP contribution < -0.4 is 0 Å². The minimum atomic E-state index is -3.18. The highest BCUT2D eigenvalue weighted by atomic mass is 79.9. The average Bonchev–Trinajstić information content (AvgIpc) is 2.35. The molecule has 0 bridgehead atoms. The molecule has 1 heterocycles. The van der Waals surface area contributed by atoms with Crippen molar-refractivity contribution in [2.45, 2.75) is 23.4 Å². The van der Waals surface area contributed by atoms with E-state index in [0.717, 1.165) is 15.1 Å². The predicted octanol–water partition coefficient (Wildman–Crippen LogP) is 2.09. The van der Waals surface area contributed by atoms with E-state index in [-0.39, 0.29) is 4.34 Å². The van der Waals surface area contributed by atoms with E-state index in [1.807, 2.05) is 0 Å². The van der Waals surface area contributed by atoms with E-state index in [1.165, 1.54) is 6.20 Å². The lowest BCUT2D eigenvalue weighted by molar-refractivity contribution is 0.586. The van der Waals surface area contributed by atoms with Crippen LogP contribution in [-0.2, 0) is 9.84 Å². The van der Waals surface area contributed by atoms with Crippen molar-refractivity contribution in [3.8, 4) is 0 Å². The van der Waals surface area contributed by atoms with Gasteiger partial charge in [0.05, 0.1) is 15.2 Å². The fourth-order valence-electron chi connectivity index (χ4n) is 0.573. The summed E-state index contributed by atoms with van der Waals surface area (Å²) in [6.07, 6.45) is 1.50. The van der Waals surface area contributed by atoms with Gasteiger partial charge in [0.15, 0.2) is 0 Å². The molecule has 0 aliphatic carbocycles. The molecule has 68 valence electrons. The van der Waals surface area contributed by atoms with Crippen LogP contribution in [-0.4, -0.2) is 18.7 Å². The molecular weight excluding hydrogens is 262 g/mol. The highest BCUT2D eigenvalue weighted by Crippen LogP contribution is 2.25. The minimum Gasteiger partial charge on any atom is -0.233 e. The second-order valence-electron chi connectivity index (χ2n) is 2.52. The molecule has 0 N–H and O–H groups in total. The molecule has 1 aromatic rings. The summed E-state index contributed by atoms with van der Waals surface area (Å²) in [5.41, 5.74) is 0. The van der Waals surface area contributed by atoms with Gasteiger partial charge in [-0.2, -0.15) is 0 Å². The molecule has 6 heteroatoms. The second kappa shape index (κ2) is 3.43. The van der Waals surface area contributed by atoms with E-state index in [1.54, 1.807) is 13.8 Å². The Morgan fingerprint density at radius 2 is 2.17 bits per heavy atom. The fourth-order valence-corrected chi connectivity index (χ4v) is 3.75. The summed E-state index contributed by atoms with van der Waals surface area (Å²) in [4.78, 5) is 3.79. The highest BCUT2D eigenvalue weighted by molar-refractivity contribution is 9.11. The number of rotatable bonds is 2. The van der Waals surface area contributed by atoms with E-state index >= 15 is 0 Å². The lowest BCUT2D eigenvalue weighted by Gasteiger charge is -2.01. The molecule has 0 aliphatic rings. The zero-order valence-corrected chi connectivity index (χ0v) is 9.83. The fraction of sp³-hybridized carbons (Fsp3) is 0.500. The number of thiazole rings is 1. The lowest BCUT2D eigenvalue weighted by atomic mass is 10.6. The summed E-state index contributed by atoms with van der Waals surface area (Å²) in [5.74, 6) is 0.